The maximum Gasteiger partial charge on any atom is 0.321 e. The van der Waals surface area contributed by atoms with Crippen LogP contribution in [0.4, 0.5) is 0 Å². The van der Waals surface area contributed by atoms with E-state index in [-0.39, 0.29) is 38.0 Å². The molecule has 0 spiro atoms. The third-order valence-corrected chi connectivity index (χ3v) is 6.10. The second-order valence-corrected chi connectivity index (χ2v) is 8.74. The van der Waals surface area contributed by atoms with Crippen molar-refractivity contribution in [2.24, 2.45) is 11.8 Å². The number of carbonyl (C=O) groups is 5. The van der Waals surface area contributed by atoms with Crippen molar-refractivity contribution in [3.8, 4) is 0 Å². The summed E-state index contributed by atoms with van der Waals surface area (Å²) in [7, 11) is 0. The normalized spacial score (nSPS) is 15.1. The Morgan fingerprint density at radius 2 is 0.886 bits per heavy atom. The van der Waals surface area contributed by atoms with Gasteiger partial charge in [0.2, 0.25) is 0 Å². The number of carboxylic acids is 5. The summed E-state index contributed by atoms with van der Waals surface area (Å²) in [6.07, 6.45) is 0.977. The predicted octanol–water partition coefficient (Wildman–Crippen LogP) is 0.145. The van der Waals surface area contributed by atoms with Crippen LogP contribution in [0.1, 0.15) is 40.5 Å². The monoisotopic (exact) mass is 505 g/mol. The van der Waals surface area contributed by atoms with Gasteiger partial charge < -0.3 is 25.5 Å². The summed E-state index contributed by atoms with van der Waals surface area (Å²) in [5.41, 5.74) is 0. The first-order valence-electron chi connectivity index (χ1n) is 11.6. The van der Waals surface area contributed by atoms with Crippen LogP contribution in [0.5, 0.6) is 0 Å². The van der Waals surface area contributed by atoms with E-state index in [2.05, 4.69) is 0 Å². The first kappa shape index (κ1) is 32.2. The highest BCUT2D eigenvalue weighted by Gasteiger charge is 2.33. The van der Waals surface area contributed by atoms with Crippen LogP contribution in [-0.4, -0.2) is 128 Å². The van der Waals surface area contributed by atoms with Gasteiger partial charge in [-0.15, -0.1) is 0 Å². The number of nitrogens with zero attached hydrogens (tertiary/aromatic N) is 3. The molecule has 0 heterocycles. The molecule has 0 amide bonds. The number of aliphatic carboxylic acids is 5. The number of rotatable bonds is 20. The van der Waals surface area contributed by atoms with Gasteiger partial charge in [-0.05, 0) is 11.8 Å². The van der Waals surface area contributed by atoms with Crippen molar-refractivity contribution in [2.75, 3.05) is 45.8 Å². The molecule has 202 valence electrons. The smallest absolute Gasteiger partial charge is 0.321 e. The summed E-state index contributed by atoms with van der Waals surface area (Å²) in [4.78, 5) is 61.7. The van der Waals surface area contributed by atoms with Crippen LogP contribution in [0, 0.1) is 11.8 Å². The maximum atomic E-state index is 11.8. The van der Waals surface area contributed by atoms with Gasteiger partial charge in [0.25, 0.3) is 0 Å². The molecule has 4 atom stereocenters. The standard InChI is InChI=1S/C22H39N3O10/c1-5-14(3)19(21(32)33)24(12-17(28)29)9-7-23(11-16(26)27)8-10-25(13-18(30)31)20(22(34)35)15(4)6-2/h14-15,19-20H,5-13H2,1-4H3,(H,26,27)(H,28,29)(H,30,31)(H,32,33)(H,34,35). The Morgan fingerprint density at radius 1 is 0.571 bits per heavy atom. The maximum absolute atomic E-state index is 11.8. The summed E-state index contributed by atoms with van der Waals surface area (Å²) in [6, 6.07) is -2.18. The van der Waals surface area contributed by atoms with Gasteiger partial charge in [-0.25, -0.2) is 0 Å². The average molecular weight is 506 g/mol. The second kappa shape index (κ2) is 16.0. The Hall–Kier alpha value is -2.77. The molecule has 0 aliphatic heterocycles. The molecule has 0 fully saturated rings. The highest BCUT2D eigenvalue weighted by Crippen LogP contribution is 2.17. The molecule has 0 bridgehead atoms. The molecule has 13 nitrogen and oxygen atoms in total. The molecule has 5 N–H and O–H groups in total. The van der Waals surface area contributed by atoms with Crippen molar-refractivity contribution < 1.29 is 49.5 Å². The topological polar surface area (TPSA) is 196 Å². The fourth-order valence-electron chi connectivity index (χ4n) is 3.95. The first-order valence-corrected chi connectivity index (χ1v) is 11.6. The zero-order chi connectivity index (χ0) is 27.3. The van der Waals surface area contributed by atoms with E-state index in [4.69, 9.17) is 0 Å². The van der Waals surface area contributed by atoms with Crippen molar-refractivity contribution in [3.63, 3.8) is 0 Å². The molecule has 0 saturated carbocycles. The van der Waals surface area contributed by atoms with Crippen LogP contribution < -0.4 is 0 Å². The highest BCUT2D eigenvalue weighted by molar-refractivity contribution is 5.76. The summed E-state index contributed by atoms with van der Waals surface area (Å²) in [6.45, 7) is 5.22. The molecule has 35 heavy (non-hydrogen) atoms. The zero-order valence-corrected chi connectivity index (χ0v) is 20.8. The molecule has 0 aromatic heterocycles. The van der Waals surface area contributed by atoms with Crippen molar-refractivity contribution in [1.29, 1.82) is 0 Å². The first-order chi connectivity index (χ1) is 16.2. The van der Waals surface area contributed by atoms with Gasteiger partial charge in [-0.3, -0.25) is 38.7 Å². The zero-order valence-electron chi connectivity index (χ0n) is 20.8. The van der Waals surface area contributed by atoms with E-state index in [0.29, 0.717) is 12.8 Å². The molecular formula is C22H39N3O10. The molecular weight excluding hydrogens is 466 g/mol. The third kappa shape index (κ3) is 12.0. The molecule has 13 heteroatoms. The lowest BCUT2D eigenvalue weighted by Crippen LogP contribution is -2.52. The minimum absolute atomic E-state index is 0.0121. The van der Waals surface area contributed by atoms with Crippen molar-refractivity contribution in [1.82, 2.24) is 14.7 Å². The van der Waals surface area contributed by atoms with Gasteiger partial charge in [0.05, 0.1) is 19.6 Å². The Bertz CT molecular complexity index is 680. The number of hydrogen-bond acceptors (Lipinski definition) is 8. The minimum Gasteiger partial charge on any atom is -0.480 e. The summed E-state index contributed by atoms with van der Waals surface area (Å²) >= 11 is 0. The van der Waals surface area contributed by atoms with Crippen LogP contribution >= 0.6 is 0 Å². The lowest BCUT2D eigenvalue weighted by Gasteiger charge is -2.35. The quantitative estimate of drug-likeness (QED) is 0.150. The second-order valence-electron chi connectivity index (χ2n) is 8.74. The van der Waals surface area contributed by atoms with E-state index in [1.54, 1.807) is 27.7 Å². The van der Waals surface area contributed by atoms with Crippen LogP contribution in [-0.2, 0) is 24.0 Å². The predicted molar refractivity (Wildman–Crippen MR) is 124 cm³/mol. The van der Waals surface area contributed by atoms with E-state index < -0.39 is 61.6 Å². The molecule has 0 saturated heterocycles. The van der Waals surface area contributed by atoms with Gasteiger partial charge >= 0.3 is 29.8 Å². The Kier molecular flexibility index (Phi) is 14.7. The largest absolute Gasteiger partial charge is 0.480 e. The van der Waals surface area contributed by atoms with Gasteiger partial charge in [-0.2, -0.15) is 0 Å². The van der Waals surface area contributed by atoms with Crippen molar-refractivity contribution in [3.05, 3.63) is 0 Å². The van der Waals surface area contributed by atoms with E-state index in [0.717, 1.165) is 0 Å². The van der Waals surface area contributed by atoms with Crippen LogP contribution in [0.2, 0.25) is 0 Å². The SMILES string of the molecule is CCC(C)C(C(=O)O)N(CCN(CCN(CC(=O)O)C(C(=O)O)C(C)CC)CC(=O)O)CC(=O)O. The van der Waals surface area contributed by atoms with Gasteiger partial charge in [0, 0.05) is 26.2 Å². The fraction of sp³-hybridized carbons (Fsp3) is 0.773. The van der Waals surface area contributed by atoms with E-state index in [9.17, 15) is 49.5 Å². The van der Waals surface area contributed by atoms with Crippen LogP contribution in [0.3, 0.4) is 0 Å². The lowest BCUT2D eigenvalue weighted by molar-refractivity contribution is -0.150. The Balaban J connectivity index is 5.70. The molecule has 0 aliphatic rings. The van der Waals surface area contributed by atoms with Gasteiger partial charge in [0.1, 0.15) is 12.1 Å². The minimum atomic E-state index is -1.23. The molecule has 4 unspecified atom stereocenters. The fourth-order valence-corrected chi connectivity index (χ4v) is 3.95. The van der Waals surface area contributed by atoms with Crippen LogP contribution in [0.15, 0.2) is 0 Å². The van der Waals surface area contributed by atoms with E-state index >= 15 is 0 Å². The number of hydrogen-bond donors (Lipinski definition) is 5. The lowest BCUT2D eigenvalue weighted by atomic mass is 9.97. The Labute approximate surface area is 204 Å². The molecule has 0 rings (SSSR count). The third-order valence-electron chi connectivity index (χ3n) is 6.10. The van der Waals surface area contributed by atoms with Crippen molar-refractivity contribution in [2.45, 2.75) is 52.6 Å². The highest BCUT2D eigenvalue weighted by atomic mass is 16.4. The van der Waals surface area contributed by atoms with Gasteiger partial charge in [-0.1, -0.05) is 40.5 Å². The summed E-state index contributed by atoms with van der Waals surface area (Å²) in [5, 5.41) is 47.2. The van der Waals surface area contributed by atoms with Crippen LogP contribution in [0.25, 0.3) is 0 Å². The summed E-state index contributed by atoms with van der Waals surface area (Å²) < 4.78 is 0. The van der Waals surface area contributed by atoms with E-state index in [1.165, 1.54) is 14.7 Å². The Morgan fingerprint density at radius 3 is 1.11 bits per heavy atom. The average Bonchev–Trinajstić information content (AvgIpc) is 2.73. The van der Waals surface area contributed by atoms with Gasteiger partial charge in [0.15, 0.2) is 0 Å². The molecule has 0 radical (unpaired) electrons. The molecule has 0 aromatic carbocycles. The summed E-state index contributed by atoms with van der Waals surface area (Å²) in [5.74, 6) is -6.74. The van der Waals surface area contributed by atoms with E-state index in [1.807, 2.05) is 0 Å². The molecule has 0 aromatic rings. The molecule has 0 aliphatic carbocycles. The number of carboxylic acid groups (broad SMARTS) is 5. The van der Waals surface area contributed by atoms with Crippen molar-refractivity contribution >= 4 is 29.8 Å².